The molecule has 0 atom stereocenters. The highest BCUT2D eigenvalue weighted by Gasteiger charge is 2.42. The zero-order valence-corrected chi connectivity index (χ0v) is 16.2. The van der Waals surface area contributed by atoms with Gasteiger partial charge in [0.25, 0.3) is 0 Å². The van der Waals surface area contributed by atoms with Gasteiger partial charge in [-0.1, -0.05) is 65.2 Å². The second kappa shape index (κ2) is 6.72. The number of halogens is 1. The van der Waals surface area contributed by atoms with E-state index in [4.69, 9.17) is 0 Å². The number of rotatable bonds is 4. The van der Waals surface area contributed by atoms with E-state index in [-0.39, 0.29) is 5.54 Å². The molecule has 126 valence electrons. The zero-order valence-electron chi connectivity index (χ0n) is 14.6. The van der Waals surface area contributed by atoms with Gasteiger partial charge in [-0.15, -0.1) is 0 Å². The fourth-order valence-electron chi connectivity index (χ4n) is 4.27. The van der Waals surface area contributed by atoms with Gasteiger partial charge in [-0.05, 0) is 55.9 Å². The molecular weight excluding hydrogens is 362 g/mol. The molecule has 0 heterocycles. The Balaban J connectivity index is 2.21. The highest BCUT2D eigenvalue weighted by atomic mass is 79.9. The lowest BCUT2D eigenvalue weighted by atomic mass is 9.85. The van der Waals surface area contributed by atoms with Crippen molar-refractivity contribution in [3.8, 4) is 0 Å². The Morgan fingerprint density at radius 3 is 2.25 bits per heavy atom. The molecule has 1 amide bonds. The number of benzene rings is 2. The molecular formula is C21H24BrNO. The van der Waals surface area contributed by atoms with Crippen LogP contribution in [0.1, 0.15) is 47.9 Å². The molecule has 0 N–H and O–H groups in total. The standard InChI is InChI=1S/C21H24BrNO/c1-15-13-16(2)20(17(3)19(15)22)23(14-24)21(11-7-8-12-21)18-9-5-4-6-10-18/h4-6,9-10,13-14H,7-8,11-12H2,1-3H3. The van der Waals surface area contributed by atoms with E-state index in [0.29, 0.717) is 0 Å². The lowest BCUT2D eigenvalue weighted by Gasteiger charge is -2.41. The SMILES string of the molecule is Cc1cc(C)c(N(C=O)C2(c3ccccc3)CCCC2)c(C)c1Br. The van der Waals surface area contributed by atoms with Crippen molar-refractivity contribution in [3.05, 3.63) is 63.1 Å². The lowest BCUT2D eigenvalue weighted by molar-refractivity contribution is -0.108. The number of nitrogens with zero attached hydrogens (tertiary/aromatic N) is 1. The molecule has 2 nitrogen and oxygen atoms in total. The Labute approximate surface area is 153 Å². The highest BCUT2D eigenvalue weighted by molar-refractivity contribution is 9.10. The first kappa shape index (κ1) is 17.2. The van der Waals surface area contributed by atoms with Crippen LogP contribution in [0, 0.1) is 20.8 Å². The topological polar surface area (TPSA) is 20.3 Å². The summed E-state index contributed by atoms with van der Waals surface area (Å²) in [6, 6.07) is 12.7. The van der Waals surface area contributed by atoms with E-state index < -0.39 is 0 Å². The van der Waals surface area contributed by atoms with Crippen molar-refractivity contribution in [2.24, 2.45) is 0 Å². The molecule has 0 radical (unpaired) electrons. The van der Waals surface area contributed by atoms with Gasteiger partial charge in [0.1, 0.15) is 0 Å². The monoisotopic (exact) mass is 385 g/mol. The Morgan fingerprint density at radius 1 is 1.04 bits per heavy atom. The average molecular weight is 386 g/mol. The molecule has 0 spiro atoms. The van der Waals surface area contributed by atoms with Crippen molar-refractivity contribution < 1.29 is 4.79 Å². The molecule has 0 unspecified atom stereocenters. The molecule has 1 saturated carbocycles. The van der Waals surface area contributed by atoms with Gasteiger partial charge >= 0.3 is 0 Å². The molecule has 2 aromatic rings. The molecule has 0 bridgehead atoms. The van der Waals surface area contributed by atoms with Crippen LogP contribution in [0.15, 0.2) is 40.9 Å². The third-order valence-electron chi connectivity index (χ3n) is 5.39. The Bertz CT molecular complexity index is 748. The predicted octanol–water partition coefficient (Wildman–Crippen LogP) is 5.81. The summed E-state index contributed by atoms with van der Waals surface area (Å²) in [7, 11) is 0. The van der Waals surface area contributed by atoms with Crippen LogP contribution in [0.25, 0.3) is 0 Å². The molecule has 0 aliphatic heterocycles. The number of carbonyl (C=O) groups is 1. The summed E-state index contributed by atoms with van der Waals surface area (Å²) >= 11 is 3.70. The van der Waals surface area contributed by atoms with Crippen molar-refractivity contribution in [2.45, 2.75) is 52.0 Å². The number of amides is 1. The second-order valence-corrected chi connectivity index (χ2v) is 7.67. The van der Waals surface area contributed by atoms with Crippen LogP contribution in [0.3, 0.4) is 0 Å². The van der Waals surface area contributed by atoms with E-state index in [9.17, 15) is 4.79 Å². The molecule has 24 heavy (non-hydrogen) atoms. The van der Waals surface area contributed by atoms with Crippen LogP contribution in [-0.2, 0) is 10.3 Å². The molecule has 0 aromatic heterocycles. The largest absolute Gasteiger partial charge is 0.304 e. The lowest BCUT2D eigenvalue weighted by Crippen LogP contribution is -2.44. The minimum atomic E-state index is -0.229. The normalized spacial score (nSPS) is 16.2. The van der Waals surface area contributed by atoms with Gasteiger partial charge in [0.2, 0.25) is 6.41 Å². The maximum atomic E-state index is 12.3. The summed E-state index contributed by atoms with van der Waals surface area (Å²) in [5.41, 5.74) is 5.56. The van der Waals surface area contributed by atoms with E-state index in [1.165, 1.54) is 11.1 Å². The summed E-state index contributed by atoms with van der Waals surface area (Å²) in [6.45, 7) is 6.30. The van der Waals surface area contributed by atoms with E-state index in [0.717, 1.165) is 53.4 Å². The molecule has 2 aromatic carbocycles. The van der Waals surface area contributed by atoms with Crippen molar-refractivity contribution in [2.75, 3.05) is 4.90 Å². The van der Waals surface area contributed by atoms with Crippen LogP contribution in [0.2, 0.25) is 0 Å². The maximum Gasteiger partial charge on any atom is 0.214 e. The molecule has 3 rings (SSSR count). The summed E-state index contributed by atoms with van der Waals surface area (Å²) < 4.78 is 1.09. The Morgan fingerprint density at radius 2 is 1.67 bits per heavy atom. The first-order chi connectivity index (χ1) is 11.5. The number of hydrogen-bond donors (Lipinski definition) is 0. The van der Waals surface area contributed by atoms with Gasteiger partial charge in [-0.2, -0.15) is 0 Å². The van der Waals surface area contributed by atoms with E-state index in [1.54, 1.807) is 0 Å². The van der Waals surface area contributed by atoms with Gasteiger partial charge in [0, 0.05) is 4.47 Å². The quantitative estimate of drug-likeness (QED) is 0.608. The summed E-state index contributed by atoms with van der Waals surface area (Å²) in [5, 5.41) is 0. The first-order valence-corrected chi connectivity index (χ1v) is 9.37. The minimum Gasteiger partial charge on any atom is -0.304 e. The Kier molecular flexibility index (Phi) is 4.82. The van der Waals surface area contributed by atoms with E-state index in [1.807, 2.05) is 11.0 Å². The van der Waals surface area contributed by atoms with E-state index >= 15 is 0 Å². The summed E-state index contributed by atoms with van der Waals surface area (Å²) in [4.78, 5) is 14.3. The number of anilines is 1. The fraction of sp³-hybridized carbons (Fsp3) is 0.381. The Hall–Kier alpha value is -1.61. The van der Waals surface area contributed by atoms with Crippen LogP contribution in [0.4, 0.5) is 5.69 Å². The second-order valence-electron chi connectivity index (χ2n) is 6.88. The van der Waals surface area contributed by atoms with Crippen LogP contribution < -0.4 is 4.90 Å². The van der Waals surface area contributed by atoms with Gasteiger partial charge in [0.15, 0.2) is 0 Å². The molecule has 0 saturated heterocycles. The predicted molar refractivity (Wildman–Crippen MR) is 103 cm³/mol. The maximum absolute atomic E-state index is 12.3. The van der Waals surface area contributed by atoms with Gasteiger partial charge in [-0.3, -0.25) is 4.79 Å². The van der Waals surface area contributed by atoms with E-state index in [2.05, 4.69) is 67.0 Å². The molecule has 1 aliphatic rings. The van der Waals surface area contributed by atoms with Crippen molar-refractivity contribution in [1.82, 2.24) is 0 Å². The van der Waals surface area contributed by atoms with Gasteiger partial charge in [-0.25, -0.2) is 0 Å². The average Bonchev–Trinajstić information content (AvgIpc) is 3.08. The van der Waals surface area contributed by atoms with Crippen molar-refractivity contribution in [1.29, 1.82) is 0 Å². The fourth-order valence-corrected chi connectivity index (χ4v) is 4.57. The number of carbonyl (C=O) groups excluding carboxylic acids is 1. The minimum absolute atomic E-state index is 0.229. The number of hydrogen-bond acceptors (Lipinski definition) is 1. The highest BCUT2D eigenvalue weighted by Crippen LogP contribution is 2.47. The third kappa shape index (κ3) is 2.69. The van der Waals surface area contributed by atoms with Crippen LogP contribution >= 0.6 is 15.9 Å². The smallest absolute Gasteiger partial charge is 0.214 e. The van der Waals surface area contributed by atoms with Crippen molar-refractivity contribution >= 4 is 28.0 Å². The van der Waals surface area contributed by atoms with Gasteiger partial charge in [0.05, 0.1) is 11.2 Å². The van der Waals surface area contributed by atoms with Crippen molar-refractivity contribution in [3.63, 3.8) is 0 Å². The molecule has 3 heteroatoms. The van der Waals surface area contributed by atoms with Crippen LogP contribution in [0.5, 0.6) is 0 Å². The first-order valence-electron chi connectivity index (χ1n) is 8.58. The number of aryl methyl sites for hydroxylation is 2. The molecule has 1 aliphatic carbocycles. The molecule has 1 fully saturated rings. The van der Waals surface area contributed by atoms with Gasteiger partial charge < -0.3 is 4.90 Å². The zero-order chi connectivity index (χ0) is 17.3. The summed E-state index contributed by atoms with van der Waals surface area (Å²) in [5.74, 6) is 0. The third-order valence-corrected chi connectivity index (χ3v) is 6.61. The summed E-state index contributed by atoms with van der Waals surface area (Å²) in [6.07, 6.45) is 5.38. The van der Waals surface area contributed by atoms with Crippen LogP contribution in [-0.4, -0.2) is 6.41 Å².